The predicted octanol–water partition coefficient (Wildman–Crippen LogP) is 5.18. The monoisotopic (exact) mass is 325 g/mol. The zero-order valence-electron chi connectivity index (χ0n) is 11.2. The average Bonchev–Trinajstić information content (AvgIpc) is 3.26. The van der Waals surface area contributed by atoms with Crippen LogP contribution in [0.2, 0.25) is 10.0 Å². The molecule has 0 saturated heterocycles. The first-order valence-electron chi connectivity index (χ1n) is 6.77. The normalized spacial score (nSPS) is 14.2. The zero-order valence-corrected chi connectivity index (χ0v) is 12.7. The summed E-state index contributed by atoms with van der Waals surface area (Å²) >= 11 is 11.9. The fourth-order valence-corrected chi connectivity index (χ4v) is 2.46. The molecule has 0 amide bonds. The Bertz CT molecular complexity index is 659. The van der Waals surface area contributed by atoms with Gasteiger partial charge in [0, 0.05) is 23.2 Å². The van der Waals surface area contributed by atoms with Gasteiger partial charge >= 0.3 is 0 Å². The highest BCUT2D eigenvalue weighted by molar-refractivity contribution is 6.35. The predicted molar refractivity (Wildman–Crippen MR) is 82.8 cm³/mol. The Hall–Kier alpha value is -1.29. The van der Waals surface area contributed by atoms with Gasteiger partial charge in [0.2, 0.25) is 0 Å². The lowest BCUT2D eigenvalue weighted by Crippen LogP contribution is -2.16. The van der Waals surface area contributed by atoms with Gasteiger partial charge in [-0.2, -0.15) is 0 Å². The summed E-state index contributed by atoms with van der Waals surface area (Å²) in [5, 5.41) is 4.21. The first kappa shape index (κ1) is 14.6. The first-order chi connectivity index (χ1) is 10.1. The quantitative estimate of drug-likeness (QED) is 0.818. The maximum Gasteiger partial charge on any atom is 0.167 e. The number of benzene rings is 2. The van der Waals surface area contributed by atoms with E-state index in [0.29, 0.717) is 28.4 Å². The minimum absolute atomic E-state index is 0.204. The van der Waals surface area contributed by atoms with Crippen molar-refractivity contribution < 1.29 is 9.13 Å². The molecule has 0 heterocycles. The summed E-state index contributed by atoms with van der Waals surface area (Å²) in [7, 11) is 0. The molecule has 110 valence electrons. The fourth-order valence-electron chi connectivity index (χ4n) is 2.02. The van der Waals surface area contributed by atoms with Crippen molar-refractivity contribution in [3.8, 4) is 11.5 Å². The minimum atomic E-state index is -0.406. The van der Waals surface area contributed by atoms with Crippen molar-refractivity contribution in [1.29, 1.82) is 0 Å². The Balaban J connectivity index is 1.85. The summed E-state index contributed by atoms with van der Waals surface area (Å²) in [6.07, 6.45) is 2.35. The molecule has 3 rings (SSSR count). The SMILES string of the molecule is Fc1cccc(CNC2CC2)c1Oc1ccc(Cl)cc1Cl. The molecule has 2 nitrogen and oxygen atoms in total. The van der Waals surface area contributed by atoms with Crippen LogP contribution in [0, 0.1) is 5.82 Å². The van der Waals surface area contributed by atoms with Gasteiger partial charge in [0.15, 0.2) is 11.6 Å². The molecule has 1 aliphatic carbocycles. The molecule has 2 aromatic rings. The second-order valence-corrected chi connectivity index (χ2v) is 5.90. The Morgan fingerprint density at radius 2 is 2.00 bits per heavy atom. The average molecular weight is 326 g/mol. The third-order valence-electron chi connectivity index (χ3n) is 3.31. The standard InChI is InChI=1S/C16H14Cl2FNO/c17-11-4-7-15(13(18)8-11)21-16-10(2-1-3-14(16)19)9-20-12-5-6-12/h1-4,7-8,12,20H,5-6,9H2. The van der Waals surface area contributed by atoms with Crippen molar-refractivity contribution in [2.75, 3.05) is 0 Å². The van der Waals surface area contributed by atoms with Gasteiger partial charge in [0.25, 0.3) is 0 Å². The smallest absolute Gasteiger partial charge is 0.167 e. The van der Waals surface area contributed by atoms with Crippen molar-refractivity contribution in [3.05, 3.63) is 57.8 Å². The van der Waals surface area contributed by atoms with Crippen LogP contribution in [-0.2, 0) is 6.54 Å². The van der Waals surface area contributed by atoms with Crippen LogP contribution in [0.4, 0.5) is 4.39 Å². The first-order valence-corrected chi connectivity index (χ1v) is 7.53. The molecule has 1 N–H and O–H groups in total. The van der Waals surface area contributed by atoms with Gasteiger partial charge in [-0.1, -0.05) is 35.3 Å². The van der Waals surface area contributed by atoms with Crippen LogP contribution in [0.25, 0.3) is 0 Å². The highest BCUT2D eigenvalue weighted by Gasteiger charge is 2.21. The van der Waals surface area contributed by atoms with Crippen molar-refractivity contribution >= 4 is 23.2 Å². The zero-order chi connectivity index (χ0) is 14.8. The lowest BCUT2D eigenvalue weighted by Gasteiger charge is -2.13. The van der Waals surface area contributed by atoms with E-state index in [1.165, 1.54) is 18.9 Å². The van der Waals surface area contributed by atoms with Gasteiger partial charge in [-0.05, 0) is 37.1 Å². The molecule has 0 aromatic heterocycles. The molecule has 0 spiro atoms. The summed E-state index contributed by atoms with van der Waals surface area (Å²) in [6, 6.07) is 10.3. The molecule has 5 heteroatoms. The van der Waals surface area contributed by atoms with E-state index in [-0.39, 0.29) is 5.75 Å². The summed E-state index contributed by atoms with van der Waals surface area (Å²) in [5.41, 5.74) is 0.771. The highest BCUT2D eigenvalue weighted by atomic mass is 35.5. The van der Waals surface area contributed by atoms with Crippen LogP contribution in [0.1, 0.15) is 18.4 Å². The number of hydrogen-bond acceptors (Lipinski definition) is 2. The van der Waals surface area contributed by atoms with Crippen molar-refractivity contribution in [2.45, 2.75) is 25.4 Å². The maximum absolute atomic E-state index is 14.1. The van der Waals surface area contributed by atoms with E-state index < -0.39 is 5.82 Å². The number of ether oxygens (including phenoxy) is 1. The number of halogens is 3. The van der Waals surface area contributed by atoms with Crippen LogP contribution in [0.3, 0.4) is 0 Å². The molecule has 1 aliphatic rings. The fraction of sp³-hybridized carbons (Fsp3) is 0.250. The topological polar surface area (TPSA) is 21.3 Å². The molecule has 21 heavy (non-hydrogen) atoms. The van der Waals surface area contributed by atoms with Crippen molar-refractivity contribution in [2.24, 2.45) is 0 Å². The molecule has 0 bridgehead atoms. The van der Waals surface area contributed by atoms with Crippen LogP contribution < -0.4 is 10.1 Å². The van der Waals surface area contributed by atoms with Crippen LogP contribution >= 0.6 is 23.2 Å². The number of rotatable bonds is 5. The lowest BCUT2D eigenvalue weighted by atomic mass is 10.2. The Labute approximate surface area is 132 Å². The Morgan fingerprint density at radius 1 is 1.19 bits per heavy atom. The maximum atomic E-state index is 14.1. The third kappa shape index (κ3) is 3.67. The summed E-state index contributed by atoms with van der Waals surface area (Å²) < 4.78 is 19.7. The molecule has 0 atom stereocenters. The largest absolute Gasteiger partial charge is 0.452 e. The molecular weight excluding hydrogens is 312 g/mol. The molecular formula is C16H14Cl2FNO. The van der Waals surface area contributed by atoms with E-state index in [1.807, 2.05) is 6.07 Å². The summed E-state index contributed by atoms with van der Waals surface area (Å²) in [4.78, 5) is 0. The molecule has 1 fully saturated rings. The van der Waals surface area contributed by atoms with Gasteiger partial charge in [-0.15, -0.1) is 0 Å². The second kappa shape index (κ2) is 6.22. The lowest BCUT2D eigenvalue weighted by molar-refractivity contribution is 0.433. The highest BCUT2D eigenvalue weighted by Crippen LogP contribution is 2.34. The van der Waals surface area contributed by atoms with Gasteiger partial charge in [-0.25, -0.2) is 4.39 Å². The molecule has 0 aliphatic heterocycles. The van der Waals surface area contributed by atoms with E-state index in [2.05, 4.69) is 5.32 Å². The van der Waals surface area contributed by atoms with E-state index >= 15 is 0 Å². The van der Waals surface area contributed by atoms with Crippen LogP contribution in [-0.4, -0.2) is 6.04 Å². The molecule has 0 unspecified atom stereocenters. The summed E-state index contributed by atoms with van der Waals surface area (Å²) in [6.45, 7) is 0.572. The van der Waals surface area contributed by atoms with Crippen LogP contribution in [0.15, 0.2) is 36.4 Å². The number of hydrogen-bond donors (Lipinski definition) is 1. The molecule has 0 radical (unpaired) electrons. The van der Waals surface area contributed by atoms with Gasteiger partial charge in [0.1, 0.15) is 5.75 Å². The minimum Gasteiger partial charge on any atom is -0.452 e. The Morgan fingerprint density at radius 3 is 2.71 bits per heavy atom. The van der Waals surface area contributed by atoms with E-state index in [9.17, 15) is 4.39 Å². The van der Waals surface area contributed by atoms with E-state index in [1.54, 1.807) is 24.3 Å². The second-order valence-electron chi connectivity index (χ2n) is 5.06. The van der Waals surface area contributed by atoms with Crippen molar-refractivity contribution in [1.82, 2.24) is 5.32 Å². The Kier molecular flexibility index (Phi) is 4.34. The van der Waals surface area contributed by atoms with Crippen molar-refractivity contribution in [3.63, 3.8) is 0 Å². The third-order valence-corrected chi connectivity index (χ3v) is 3.84. The molecule has 2 aromatic carbocycles. The molecule has 1 saturated carbocycles. The van der Waals surface area contributed by atoms with Gasteiger partial charge in [0.05, 0.1) is 5.02 Å². The number of nitrogens with one attached hydrogen (secondary N) is 1. The van der Waals surface area contributed by atoms with E-state index in [0.717, 1.165) is 5.56 Å². The van der Waals surface area contributed by atoms with Gasteiger partial charge < -0.3 is 10.1 Å². The number of para-hydroxylation sites is 1. The van der Waals surface area contributed by atoms with Crippen LogP contribution in [0.5, 0.6) is 11.5 Å². The summed E-state index contributed by atoms with van der Waals surface area (Å²) in [5.74, 6) is 0.185. The van der Waals surface area contributed by atoms with Gasteiger partial charge in [-0.3, -0.25) is 0 Å². The van der Waals surface area contributed by atoms with E-state index in [4.69, 9.17) is 27.9 Å².